The minimum absolute atomic E-state index is 0.0290. The number of amides is 1. The van der Waals surface area contributed by atoms with E-state index in [4.69, 9.17) is 21.1 Å². The monoisotopic (exact) mass is 453 g/mol. The Labute approximate surface area is 181 Å². The Morgan fingerprint density at radius 2 is 1.71 bits per heavy atom. The quantitative estimate of drug-likeness (QED) is 0.617. The summed E-state index contributed by atoms with van der Waals surface area (Å²) < 4.78 is 50.3. The molecular weight excluding hydrogens is 435 g/mol. The summed E-state index contributed by atoms with van der Waals surface area (Å²) in [5, 5.41) is 2.88. The second-order valence-corrected chi connectivity index (χ2v) is 8.71. The normalized spacial score (nSPS) is 23.4. The summed E-state index contributed by atoms with van der Waals surface area (Å²) in [6.07, 6.45) is 2.27. The van der Waals surface area contributed by atoms with Gasteiger partial charge in [0.2, 0.25) is 0 Å². The lowest BCUT2D eigenvalue weighted by Gasteiger charge is -2.70. The zero-order chi connectivity index (χ0) is 22.2. The number of halogens is 4. The average Bonchev–Trinajstić information content (AvgIpc) is 2.65. The van der Waals surface area contributed by atoms with E-state index in [0.717, 1.165) is 18.2 Å². The Kier molecular flexibility index (Phi) is 5.60. The van der Waals surface area contributed by atoms with Crippen LogP contribution >= 0.6 is 11.6 Å². The summed E-state index contributed by atoms with van der Waals surface area (Å²) in [6, 6.07) is 6.83. The predicted octanol–water partition coefficient (Wildman–Crippen LogP) is 4.21. The molecule has 0 spiro atoms. The van der Waals surface area contributed by atoms with Gasteiger partial charge in [-0.25, -0.2) is 13.2 Å². The number of benzene rings is 2. The molecule has 3 saturated carbocycles. The highest BCUT2D eigenvalue weighted by molar-refractivity contribution is 6.30. The third kappa shape index (κ3) is 4.63. The fourth-order valence-electron chi connectivity index (χ4n) is 4.59. The Morgan fingerprint density at radius 3 is 2.39 bits per heavy atom. The van der Waals surface area contributed by atoms with E-state index in [-0.39, 0.29) is 58.8 Å². The fraction of sp³-hybridized carbons (Fsp3) is 0.364. The topological polar surface area (TPSA) is 64.6 Å². The molecule has 9 heteroatoms. The molecule has 0 unspecified atom stereocenters. The number of Topliss-reactive ketones (excluding diaryl/α,β-unsaturated/α-hetero) is 1. The third-order valence-corrected chi connectivity index (χ3v) is 5.97. The second kappa shape index (κ2) is 8.07. The van der Waals surface area contributed by atoms with Crippen LogP contribution in [0.3, 0.4) is 0 Å². The van der Waals surface area contributed by atoms with E-state index in [1.807, 2.05) is 0 Å². The first-order valence-corrected chi connectivity index (χ1v) is 10.0. The van der Waals surface area contributed by atoms with Crippen LogP contribution in [0.25, 0.3) is 0 Å². The predicted molar refractivity (Wildman–Crippen MR) is 106 cm³/mol. The Hall–Kier alpha value is -2.74. The van der Waals surface area contributed by atoms with E-state index in [9.17, 15) is 22.8 Å². The zero-order valence-corrected chi connectivity index (χ0v) is 17.1. The molecule has 3 fully saturated rings. The van der Waals surface area contributed by atoms with Crippen molar-refractivity contribution in [2.45, 2.75) is 31.2 Å². The van der Waals surface area contributed by atoms with Crippen molar-refractivity contribution in [1.82, 2.24) is 5.32 Å². The largest absolute Gasteiger partial charge is 0.484 e. The van der Waals surface area contributed by atoms with Crippen LogP contribution in [0.15, 0.2) is 36.4 Å². The van der Waals surface area contributed by atoms with Crippen LogP contribution in [0.4, 0.5) is 13.2 Å². The highest BCUT2D eigenvalue weighted by atomic mass is 35.5. The van der Waals surface area contributed by atoms with Gasteiger partial charge >= 0.3 is 0 Å². The van der Waals surface area contributed by atoms with Gasteiger partial charge in [0.25, 0.3) is 5.91 Å². The average molecular weight is 454 g/mol. The molecule has 5 rings (SSSR count). The van der Waals surface area contributed by atoms with Crippen molar-refractivity contribution < 1.29 is 32.2 Å². The van der Waals surface area contributed by atoms with Crippen molar-refractivity contribution in [3.8, 4) is 11.5 Å². The molecule has 0 aliphatic heterocycles. The van der Waals surface area contributed by atoms with Crippen molar-refractivity contribution in [2.75, 3.05) is 13.2 Å². The SMILES string of the molecule is O=C(COc1ccc(F)cc1F)CC12CC(NC(=O)COc3ccc(Cl)c(F)c3)(C1)C2. The first-order chi connectivity index (χ1) is 14.7. The van der Waals surface area contributed by atoms with Crippen molar-refractivity contribution >= 4 is 23.3 Å². The lowest BCUT2D eigenvalue weighted by molar-refractivity contribution is -0.173. The summed E-state index contributed by atoms with van der Waals surface area (Å²) in [5.74, 6) is -2.68. The second-order valence-electron chi connectivity index (χ2n) is 8.30. The number of ketones is 1. The first kappa shape index (κ1) is 21.5. The molecule has 2 aromatic carbocycles. The number of hydrogen-bond donors (Lipinski definition) is 1. The van der Waals surface area contributed by atoms with Crippen LogP contribution in [-0.2, 0) is 9.59 Å². The summed E-state index contributed by atoms with van der Waals surface area (Å²) in [5.41, 5.74) is -0.509. The molecule has 0 atom stereocenters. The molecule has 0 heterocycles. The lowest BCUT2D eigenvalue weighted by Crippen LogP contribution is -2.75. The molecule has 1 amide bonds. The maximum atomic E-state index is 13.6. The van der Waals surface area contributed by atoms with Crippen LogP contribution in [0.2, 0.25) is 5.02 Å². The van der Waals surface area contributed by atoms with Gasteiger partial charge in [-0.2, -0.15) is 0 Å². The number of hydrogen-bond acceptors (Lipinski definition) is 4. The summed E-state index contributed by atoms with van der Waals surface area (Å²) >= 11 is 5.60. The van der Waals surface area contributed by atoms with Crippen molar-refractivity contribution in [3.05, 3.63) is 58.9 Å². The molecule has 0 aromatic heterocycles. The number of nitrogens with one attached hydrogen (secondary N) is 1. The molecule has 164 valence electrons. The van der Waals surface area contributed by atoms with Gasteiger partial charge in [0, 0.05) is 24.1 Å². The van der Waals surface area contributed by atoms with Gasteiger partial charge < -0.3 is 14.8 Å². The number of carbonyl (C=O) groups is 2. The fourth-order valence-corrected chi connectivity index (χ4v) is 4.70. The van der Waals surface area contributed by atoms with E-state index in [1.165, 1.54) is 12.1 Å². The molecule has 0 radical (unpaired) electrons. The van der Waals surface area contributed by atoms with Crippen LogP contribution in [0.5, 0.6) is 11.5 Å². The highest BCUT2D eigenvalue weighted by Crippen LogP contribution is 2.68. The van der Waals surface area contributed by atoms with Gasteiger partial charge in [-0.1, -0.05) is 11.6 Å². The number of carbonyl (C=O) groups excluding carboxylic acids is 2. The Balaban J connectivity index is 1.18. The molecule has 0 saturated heterocycles. The molecule has 1 N–H and O–H groups in total. The standard InChI is InChI=1S/C22H19ClF3NO4/c23-16-3-2-15(6-17(16)25)30-9-20(29)27-22-10-21(11-22,12-22)7-14(28)8-31-19-4-1-13(24)5-18(19)26/h1-6H,7-12H2,(H,27,29). The van der Waals surface area contributed by atoms with Gasteiger partial charge in [0.15, 0.2) is 24.0 Å². The van der Waals surface area contributed by atoms with Crippen LogP contribution in [-0.4, -0.2) is 30.4 Å². The Morgan fingerprint density at radius 1 is 0.968 bits per heavy atom. The first-order valence-electron chi connectivity index (χ1n) is 9.66. The maximum absolute atomic E-state index is 13.6. The number of rotatable bonds is 9. The van der Waals surface area contributed by atoms with E-state index in [2.05, 4.69) is 5.32 Å². The maximum Gasteiger partial charge on any atom is 0.258 e. The molecule has 31 heavy (non-hydrogen) atoms. The van der Waals surface area contributed by atoms with E-state index >= 15 is 0 Å². The Bertz CT molecular complexity index is 1030. The van der Waals surface area contributed by atoms with E-state index in [0.29, 0.717) is 25.3 Å². The molecule has 3 aliphatic carbocycles. The summed E-state index contributed by atoms with van der Waals surface area (Å²) in [4.78, 5) is 24.3. The lowest BCUT2D eigenvalue weighted by atomic mass is 9.38. The van der Waals surface area contributed by atoms with Crippen molar-refractivity contribution in [1.29, 1.82) is 0 Å². The molecule has 3 aliphatic rings. The van der Waals surface area contributed by atoms with Crippen molar-refractivity contribution in [3.63, 3.8) is 0 Å². The highest BCUT2D eigenvalue weighted by Gasteiger charge is 2.68. The minimum atomic E-state index is -0.858. The summed E-state index contributed by atoms with van der Waals surface area (Å²) in [6.45, 7) is -0.555. The van der Waals surface area contributed by atoms with Gasteiger partial charge in [0.05, 0.1) is 5.02 Å². The van der Waals surface area contributed by atoms with Gasteiger partial charge in [-0.3, -0.25) is 9.59 Å². The third-order valence-electron chi connectivity index (χ3n) is 5.66. The van der Waals surface area contributed by atoms with Gasteiger partial charge in [-0.15, -0.1) is 0 Å². The van der Waals surface area contributed by atoms with E-state index < -0.39 is 17.5 Å². The van der Waals surface area contributed by atoms with Gasteiger partial charge in [-0.05, 0) is 48.9 Å². The van der Waals surface area contributed by atoms with Crippen LogP contribution < -0.4 is 14.8 Å². The van der Waals surface area contributed by atoms with Crippen LogP contribution in [0.1, 0.15) is 25.7 Å². The summed E-state index contributed by atoms with van der Waals surface area (Å²) in [7, 11) is 0. The smallest absolute Gasteiger partial charge is 0.258 e. The molecule has 2 bridgehead atoms. The molecule has 2 aromatic rings. The van der Waals surface area contributed by atoms with Crippen LogP contribution in [0, 0.1) is 22.9 Å². The van der Waals surface area contributed by atoms with Gasteiger partial charge in [0.1, 0.15) is 24.0 Å². The number of ether oxygens (including phenoxy) is 2. The molecule has 5 nitrogen and oxygen atoms in total. The van der Waals surface area contributed by atoms with E-state index in [1.54, 1.807) is 0 Å². The van der Waals surface area contributed by atoms with Crippen molar-refractivity contribution in [2.24, 2.45) is 5.41 Å². The molecular formula is C22H19ClF3NO4. The zero-order valence-electron chi connectivity index (χ0n) is 16.4. The minimum Gasteiger partial charge on any atom is -0.484 e.